The van der Waals surface area contributed by atoms with Crippen LogP contribution in [0.3, 0.4) is 0 Å². The number of primary amides is 1. The van der Waals surface area contributed by atoms with Crippen LogP contribution in [-0.4, -0.2) is 36.9 Å². The highest BCUT2D eigenvalue weighted by molar-refractivity contribution is 6.04. The van der Waals surface area contributed by atoms with Crippen LogP contribution in [0.5, 0.6) is 0 Å². The van der Waals surface area contributed by atoms with Crippen molar-refractivity contribution in [3.05, 3.63) is 65.6 Å². The Morgan fingerprint density at radius 1 is 1.06 bits per heavy atom. The number of nitrogens with two attached hydrogens (primary N) is 1. The van der Waals surface area contributed by atoms with Gasteiger partial charge in [-0.2, -0.15) is 13.2 Å². The summed E-state index contributed by atoms with van der Waals surface area (Å²) in [5.74, 6) is -0.679. The molecule has 0 fully saturated rings. The molecule has 10 nitrogen and oxygen atoms in total. The predicted molar refractivity (Wildman–Crippen MR) is 108 cm³/mol. The Labute approximate surface area is 177 Å². The highest BCUT2D eigenvalue weighted by Crippen LogP contribution is 2.29. The Morgan fingerprint density at radius 2 is 1.78 bits per heavy atom. The number of aromatic amines is 1. The first-order valence-corrected chi connectivity index (χ1v) is 9.13. The van der Waals surface area contributed by atoms with Crippen molar-refractivity contribution in [2.24, 2.45) is 5.73 Å². The van der Waals surface area contributed by atoms with Gasteiger partial charge in [0.1, 0.15) is 23.7 Å². The fourth-order valence-corrected chi connectivity index (χ4v) is 2.96. The number of alkyl halides is 3. The number of hydrogen-bond donors (Lipinski definition) is 4. The average molecular weight is 444 g/mol. The van der Waals surface area contributed by atoms with E-state index in [1.165, 1.54) is 0 Å². The number of H-pyrrole nitrogens is 1. The largest absolute Gasteiger partial charge is 0.416 e. The molecular formula is C19H15F3N8O2. The Morgan fingerprint density at radius 3 is 2.47 bits per heavy atom. The summed E-state index contributed by atoms with van der Waals surface area (Å²) >= 11 is 0. The van der Waals surface area contributed by atoms with Crippen LogP contribution in [0, 0.1) is 0 Å². The summed E-state index contributed by atoms with van der Waals surface area (Å²) in [5.41, 5.74) is 5.80. The molecule has 0 saturated carbocycles. The zero-order chi connectivity index (χ0) is 22.9. The molecule has 13 heteroatoms. The topological polar surface area (TPSA) is 144 Å². The number of halogens is 3. The molecule has 5 N–H and O–H groups in total. The van der Waals surface area contributed by atoms with E-state index in [0.717, 1.165) is 29.8 Å². The number of imidazole rings is 1. The maximum absolute atomic E-state index is 12.6. The molecule has 0 aliphatic rings. The number of rotatable bonds is 5. The summed E-state index contributed by atoms with van der Waals surface area (Å²) < 4.78 is 39.5. The fourth-order valence-electron chi connectivity index (χ4n) is 2.96. The Bertz CT molecular complexity index is 1290. The second kappa shape index (κ2) is 8.02. The van der Waals surface area contributed by atoms with Gasteiger partial charge in [-0.3, -0.25) is 10.1 Å². The van der Waals surface area contributed by atoms with E-state index in [9.17, 15) is 22.8 Å². The molecule has 0 saturated heterocycles. The van der Waals surface area contributed by atoms with Gasteiger partial charge in [0.15, 0.2) is 5.69 Å². The number of aromatic nitrogens is 5. The molecule has 2 aromatic heterocycles. The number of anilines is 2. The van der Waals surface area contributed by atoms with Crippen molar-refractivity contribution in [3.63, 3.8) is 0 Å². The van der Waals surface area contributed by atoms with Gasteiger partial charge in [0.05, 0.1) is 11.1 Å². The summed E-state index contributed by atoms with van der Waals surface area (Å²) in [4.78, 5) is 30.9. The van der Waals surface area contributed by atoms with Gasteiger partial charge in [0.2, 0.25) is 0 Å². The van der Waals surface area contributed by atoms with E-state index in [2.05, 4.69) is 30.9 Å². The third-order valence-corrected chi connectivity index (χ3v) is 4.41. The van der Waals surface area contributed by atoms with Crippen LogP contribution in [0.2, 0.25) is 0 Å². The third-order valence-electron chi connectivity index (χ3n) is 4.41. The third kappa shape index (κ3) is 4.35. The predicted octanol–water partition coefficient (Wildman–Crippen LogP) is 2.96. The molecule has 32 heavy (non-hydrogen) atoms. The van der Waals surface area contributed by atoms with Gasteiger partial charge in [-0.1, -0.05) is 17.3 Å². The lowest BCUT2D eigenvalue weighted by Crippen LogP contribution is -2.22. The van der Waals surface area contributed by atoms with E-state index in [0.29, 0.717) is 5.52 Å². The van der Waals surface area contributed by atoms with Gasteiger partial charge < -0.3 is 16.0 Å². The normalized spacial score (nSPS) is 11.5. The molecule has 164 valence electrons. The van der Waals surface area contributed by atoms with Crippen LogP contribution in [0.1, 0.15) is 21.9 Å². The second-order valence-electron chi connectivity index (χ2n) is 6.66. The van der Waals surface area contributed by atoms with E-state index >= 15 is 0 Å². The van der Waals surface area contributed by atoms with E-state index < -0.39 is 23.7 Å². The van der Waals surface area contributed by atoms with E-state index in [1.54, 1.807) is 10.7 Å². The molecule has 2 heterocycles. The number of amides is 3. The minimum atomic E-state index is -4.49. The van der Waals surface area contributed by atoms with Crippen molar-refractivity contribution < 1.29 is 22.8 Å². The lowest BCUT2D eigenvalue weighted by Gasteiger charge is -2.09. The number of nitrogens with one attached hydrogen (secondary N) is 3. The van der Waals surface area contributed by atoms with Crippen LogP contribution < -0.4 is 16.4 Å². The Kier molecular flexibility index (Phi) is 5.22. The van der Waals surface area contributed by atoms with Crippen molar-refractivity contribution in [1.82, 2.24) is 25.0 Å². The molecule has 0 aliphatic heterocycles. The van der Waals surface area contributed by atoms with Gasteiger partial charge in [-0.15, -0.1) is 5.10 Å². The standard InChI is InChI=1S/C19H15F3N8O2/c20-19(21,22)10-5-7-11(8-6-10)24-18(32)27-17-15(16(23)31)25-14(26-17)9-30-13-4-2-1-3-12(13)28-29-30/h1-8H,9H2,(H2,23,31)(H,25,26)(H2,24,27,32). The van der Waals surface area contributed by atoms with Crippen molar-refractivity contribution in [2.45, 2.75) is 12.7 Å². The summed E-state index contributed by atoms with van der Waals surface area (Å²) in [6.07, 6.45) is -4.49. The van der Waals surface area contributed by atoms with Gasteiger partial charge >= 0.3 is 12.2 Å². The van der Waals surface area contributed by atoms with Gasteiger partial charge in [0.25, 0.3) is 5.91 Å². The summed E-state index contributed by atoms with van der Waals surface area (Å²) in [7, 11) is 0. The number of fused-ring (bicyclic) bond motifs is 1. The smallest absolute Gasteiger partial charge is 0.364 e. The number of carbonyl (C=O) groups is 2. The minimum Gasteiger partial charge on any atom is -0.364 e. The number of para-hydroxylation sites is 1. The van der Waals surface area contributed by atoms with Crippen molar-refractivity contribution >= 4 is 34.5 Å². The monoisotopic (exact) mass is 444 g/mol. The van der Waals surface area contributed by atoms with Crippen LogP contribution in [0.4, 0.5) is 29.5 Å². The highest BCUT2D eigenvalue weighted by atomic mass is 19.4. The number of benzene rings is 2. The van der Waals surface area contributed by atoms with Crippen molar-refractivity contribution in [2.75, 3.05) is 10.6 Å². The quantitative estimate of drug-likeness (QED) is 0.374. The van der Waals surface area contributed by atoms with Crippen LogP contribution in [0.25, 0.3) is 11.0 Å². The van der Waals surface area contributed by atoms with Crippen LogP contribution >= 0.6 is 0 Å². The molecule has 0 atom stereocenters. The van der Waals surface area contributed by atoms with Gasteiger partial charge in [0, 0.05) is 5.69 Å². The number of hydrogen-bond acceptors (Lipinski definition) is 5. The van der Waals surface area contributed by atoms with Crippen molar-refractivity contribution in [1.29, 1.82) is 0 Å². The molecule has 0 radical (unpaired) electrons. The zero-order valence-electron chi connectivity index (χ0n) is 16.1. The van der Waals surface area contributed by atoms with Gasteiger partial charge in [-0.25, -0.2) is 14.5 Å². The molecule has 4 rings (SSSR count). The summed E-state index contributed by atoms with van der Waals surface area (Å²) in [6.45, 7) is 0.114. The van der Waals surface area contributed by atoms with Crippen molar-refractivity contribution in [3.8, 4) is 0 Å². The van der Waals surface area contributed by atoms with Gasteiger partial charge in [-0.05, 0) is 36.4 Å². The molecule has 0 bridgehead atoms. The lowest BCUT2D eigenvalue weighted by atomic mass is 10.2. The second-order valence-corrected chi connectivity index (χ2v) is 6.66. The lowest BCUT2D eigenvalue weighted by molar-refractivity contribution is -0.137. The fraction of sp³-hybridized carbons (Fsp3) is 0.105. The molecule has 0 spiro atoms. The maximum atomic E-state index is 12.6. The van der Waals surface area contributed by atoms with Crippen LogP contribution in [0.15, 0.2) is 48.5 Å². The molecule has 2 aromatic carbocycles. The summed E-state index contributed by atoms with van der Waals surface area (Å²) in [6, 6.07) is 10.3. The Balaban J connectivity index is 1.50. The molecule has 3 amide bonds. The van der Waals surface area contributed by atoms with E-state index in [-0.39, 0.29) is 29.6 Å². The first-order valence-electron chi connectivity index (χ1n) is 9.13. The Hall–Kier alpha value is -4.42. The first-order chi connectivity index (χ1) is 15.2. The SMILES string of the molecule is NC(=O)c1nc(Cn2nnc3ccccc32)[nH]c1NC(=O)Nc1ccc(C(F)(F)F)cc1. The average Bonchev–Trinajstić information content (AvgIpc) is 3.32. The summed E-state index contributed by atoms with van der Waals surface area (Å²) in [5, 5.41) is 12.8. The van der Waals surface area contributed by atoms with E-state index in [1.807, 2.05) is 18.2 Å². The first kappa shape index (κ1) is 20.8. The number of carbonyl (C=O) groups excluding carboxylic acids is 2. The number of nitrogens with zero attached hydrogens (tertiary/aromatic N) is 4. The molecule has 0 aliphatic carbocycles. The van der Waals surface area contributed by atoms with Crippen LogP contribution in [-0.2, 0) is 12.7 Å². The molecule has 0 unspecified atom stereocenters. The minimum absolute atomic E-state index is 0.0682. The highest BCUT2D eigenvalue weighted by Gasteiger charge is 2.30. The maximum Gasteiger partial charge on any atom is 0.416 e. The molecule has 4 aromatic rings. The zero-order valence-corrected chi connectivity index (χ0v) is 16.1. The van der Waals surface area contributed by atoms with E-state index in [4.69, 9.17) is 5.73 Å². The molecular weight excluding hydrogens is 429 g/mol. The number of urea groups is 1.